The van der Waals surface area contributed by atoms with Gasteiger partial charge in [-0.3, -0.25) is 4.79 Å². The van der Waals surface area contributed by atoms with Gasteiger partial charge in [-0.1, -0.05) is 43.1 Å². The number of aromatic carboxylic acids is 1. The first-order chi connectivity index (χ1) is 14.9. The van der Waals surface area contributed by atoms with E-state index in [1.165, 1.54) is 42.8 Å². The van der Waals surface area contributed by atoms with E-state index in [4.69, 9.17) is 16.6 Å². The summed E-state index contributed by atoms with van der Waals surface area (Å²) in [5.41, 5.74) is 2.93. The first-order valence-corrected chi connectivity index (χ1v) is 11.6. The maximum absolute atomic E-state index is 12.9. The minimum absolute atomic E-state index is 0.0375. The van der Waals surface area contributed by atoms with Crippen molar-refractivity contribution in [3.05, 3.63) is 51.7 Å². The molecule has 1 aromatic heterocycles. The van der Waals surface area contributed by atoms with Crippen LogP contribution in [0.1, 0.15) is 66.2 Å². The Kier molecular flexibility index (Phi) is 7.94. The molecule has 1 atom stereocenters. The molecular weight excluding hydrogens is 434 g/mol. The van der Waals surface area contributed by atoms with Gasteiger partial charge in [0.1, 0.15) is 11.1 Å². The average Bonchev–Trinajstić information content (AvgIpc) is 2.73. The summed E-state index contributed by atoms with van der Waals surface area (Å²) in [5, 5.41) is 21.9. The molecule has 162 valence electrons. The third-order valence-corrected chi connectivity index (χ3v) is 6.97. The quantitative estimate of drug-likeness (QED) is 0.557. The van der Waals surface area contributed by atoms with E-state index in [9.17, 15) is 20.0 Å². The third kappa shape index (κ3) is 5.78. The number of carboxylic acid groups (broad SMARTS) is 1. The molecule has 0 radical (unpaired) electrons. The van der Waals surface area contributed by atoms with Crippen LogP contribution in [-0.4, -0.2) is 27.2 Å². The number of rotatable bonds is 6. The highest BCUT2D eigenvalue weighted by Gasteiger charge is 2.23. The Morgan fingerprint density at radius 1 is 1.26 bits per heavy atom. The molecule has 1 aromatic carbocycles. The van der Waals surface area contributed by atoms with E-state index in [2.05, 4.69) is 11.4 Å². The number of carbonyl (C=O) groups is 2. The number of amides is 1. The molecular formula is C23H24ClN3O3S. The molecule has 1 heterocycles. The van der Waals surface area contributed by atoms with Gasteiger partial charge >= 0.3 is 5.97 Å². The van der Waals surface area contributed by atoms with Gasteiger partial charge in [-0.25, -0.2) is 9.78 Å². The minimum Gasteiger partial charge on any atom is -0.478 e. The minimum atomic E-state index is -1.10. The van der Waals surface area contributed by atoms with Crippen molar-refractivity contribution < 1.29 is 14.7 Å². The van der Waals surface area contributed by atoms with Crippen LogP contribution in [-0.2, 0) is 17.6 Å². The number of halogens is 1. The largest absolute Gasteiger partial charge is 0.478 e. The second-order valence-electron chi connectivity index (χ2n) is 7.48. The Morgan fingerprint density at radius 2 is 2.00 bits per heavy atom. The molecule has 0 saturated heterocycles. The highest BCUT2D eigenvalue weighted by atomic mass is 35.5. The van der Waals surface area contributed by atoms with Gasteiger partial charge in [0.2, 0.25) is 5.91 Å². The maximum atomic E-state index is 12.9. The predicted molar refractivity (Wildman–Crippen MR) is 122 cm³/mol. The number of aryl methyl sites for hydroxylation is 2. The van der Waals surface area contributed by atoms with Crippen molar-refractivity contribution in [1.29, 1.82) is 5.26 Å². The fourth-order valence-electron chi connectivity index (χ4n) is 3.56. The summed E-state index contributed by atoms with van der Waals surface area (Å²) in [6, 6.07) is 8.32. The number of nitrogens with one attached hydrogen (secondary N) is 1. The zero-order chi connectivity index (χ0) is 22.4. The van der Waals surface area contributed by atoms with Gasteiger partial charge in [-0.05, 0) is 61.9 Å². The van der Waals surface area contributed by atoms with Crippen molar-refractivity contribution in [1.82, 2.24) is 4.98 Å². The molecule has 6 nitrogen and oxygen atoms in total. The number of carbonyl (C=O) groups excluding carboxylic acids is 1. The zero-order valence-corrected chi connectivity index (χ0v) is 18.9. The summed E-state index contributed by atoms with van der Waals surface area (Å²) < 4.78 is 0. The molecule has 8 heteroatoms. The highest BCUT2D eigenvalue weighted by Crippen LogP contribution is 2.32. The fraction of sp³-hybridized carbons (Fsp3) is 0.391. The smallest absolute Gasteiger partial charge is 0.335 e. The maximum Gasteiger partial charge on any atom is 0.335 e. The molecule has 1 amide bonds. The number of nitrogens with zero attached hydrogens (tertiary/aromatic N) is 2. The number of hydrogen-bond acceptors (Lipinski definition) is 5. The van der Waals surface area contributed by atoms with E-state index < -0.39 is 11.2 Å². The Bertz CT molecular complexity index is 1040. The first-order valence-electron chi connectivity index (χ1n) is 10.4. The SMILES string of the molecule is CCC(Sc1nc2c(cc1C#N)CCCCCC2)C(=O)Nc1cc(C(=O)O)ccc1Cl. The lowest BCUT2D eigenvalue weighted by molar-refractivity contribution is -0.115. The highest BCUT2D eigenvalue weighted by molar-refractivity contribution is 8.00. The second kappa shape index (κ2) is 10.7. The summed E-state index contributed by atoms with van der Waals surface area (Å²) >= 11 is 7.40. The number of hydrogen-bond donors (Lipinski definition) is 2. The number of anilines is 1. The lowest BCUT2D eigenvalue weighted by Gasteiger charge is -2.18. The van der Waals surface area contributed by atoms with Gasteiger partial charge in [0.05, 0.1) is 27.1 Å². The molecule has 3 rings (SSSR count). The van der Waals surface area contributed by atoms with Crippen LogP contribution >= 0.6 is 23.4 Å². The molecule has 0 fully saturated rings. The monoisotopic (exact) mass is 457 g/mol. The topological polar surface area (TPSA) is 103 Å². The van der Waals surface area contributed by atoms with Crippen LogP contribution in [0.2, 0.25) is 5.02 Å². The predicted octanol–water partition coefficient (Wildman–Crippen LogP) is 5.47. The van der Waals surface area contributed by atoms with E-state index >= 15 is 0 Å². The van der Waals surface area contributed by atoms with Crippen molar-refractivity contribution in [2.24, 2.45) is 0 Å². The molecule has 1 unspecified atom stereocenters. The van der Waals surface area contributed by atoms with Gasteiger partial charge < -0.3 is 10.4 Å². The van der Waals surface area contributed by atoms with Gasteiger partial charge in [0, 0.05) is 5.69 Å². The van der Waals surface area contributed by atoms with E-state index in [1.807, 2.05) is 13.0 Å². The van der Waals surface area contributed by atoms with Gasteiger partial charge in [0.15, 0.2) is 0 Å². The van der Waals surface area contributed by atoms with Crippen LogP contribution in [0.15, 0.2) is 29.3 Å². The van der Waals surface area contributed by atoms with Crippen molar-refractivity contribution in [3.63, 3.8) is 0 Å². The van der Waals surface area contributed by atoms with Crippen molar-refractivity contribution in [2.75, 3.05) is 5.32 Å². The van der Waals surface area contributed by atoms with E-state index in [-0.39, 0.29) is 22.2 Å². The molecule has 0 bridgehead atoms. The van der Waals surface area contributed by atoms with Gasteiger partial charge in [-0.2, -0.15) is 5.26 Å². The molecule has 0 spiro atoms. The molecule has 2 N–H and O–H groups in total. The summed E-state index contributed by atoms with van der Waals surface area (Å²) in [6.45, 7) is 1.88. The summed E-state index contributed by atoms with van der Waals surface area (Å²) in [4.78, 5) is 28.9. The normalized spacial score (nSPS) is 14.5. The standard InChI is InChI=1S/C23H24ClN3O3S/c1-2-20(21(28)26-19-12-15(23(29)30)9-10-17(19)24)31-22-16(13-25)11-14-7-5-3-4-6-8-18(14)27-22/h9-12,20H,2-8H2,1H3,(H,26,28)(H,29,30). The van der Waals surface area contributed by atoms with Crippen molar-refractivity contribution in [3.8, 4) is 6.07 Å². The number of carboxylic acids is 1. The fourth-order valence-corrected chi connectivity index (χ4v) is 4.72. The van der Waals surface area contributed by atoms with Crippen LogP contribution < -0.4 is 5.32 Å². The average molecular weight is 458 g/mol. The van der Waals surface area contributed by atoms with Gasteiger partial charge in [0.25, 0.3) is 0 Å². The Labute approximate surface area is 191 Å². The molecule has 1 aliphatic rings. The molecule has 2 aromatic rings. The zero-order valence-electron chi connectivity index (χ0n) is 17.3. The number of aromatic nitrogens is 1. The Balaban J connectivity index is 1.83. The van der Waals surface area contributed by atoms with Crippen LogP contribution in [0.3, 0.4) is 0 Å². The van der Waals surface area contributed by atoms with E-state index in [1.54, 1.807) is 0 Å². The number of nitriles is 1. The van der Waals surface area contributed by atoms with Crippen molar-refractivity contribution in [2.45, 2.75) is 62.1 Å². The molecule has 1 aliphatic carbocycles. The Hall–Kier alpha value is -2.56. The van der Waals surface area contributed by atoms with E-state index in [0.717, 1.165) is 36.9 Å². The second-order valence-corrected chi connectivity index (χ2v) is 9.08. The van der Waals surface area contributed by atoms with Crippen LogP contribution in [0.25, 0.3) is 0 Å². The van der Waals surface area contributed by atoms with Gasteiger partial charge in [-0.15, -0.1) is 0 Å². The van der Waals surface area contributed by atoms with Crippen LogP contribution in [0, 0.1) is 11.3 Å². The number of thioether (sulfide) groups is 1. The number of fused-ring (bicyclic) bond motifs is 1. The third-order valence-electron chi connectivity index (χ3n) is 5.27. The molecule has 31 heavy (non-hydrogen) atoms. The number of benzene rings is 1. The summed E-state index contributed by atoms with van der Waals surface area (Å²) in [6.07, 6.45) is 6.87. The summed E-state index contributed by atoms with van der Waals surface area (Å²) in [7, 11) is 0. The summed E-state index contributed by atoms with van der Waals surface area (Å²) in [5.74, 6) is -1.41. The lowest BCUT2D eigenvalue weighted by atomic mass is 9.96. The Morgan fingerprint density at radius 3 is 2.68 bits per heavy atom. The molecule has 0 aliphatic heterocycles. The van der Waals surface area contributed by atoms with Crippen molar-refractivity contribution >= 4 is 40.9 Å². The van der Waals surface area contributed by atoms with Crippen LogP contribution in [0.5, 0.6) is 0 Å². The van der Waals surface area contributed by atoms with E-state index in [0.29, 0.717) is 17.0 Å². The number of pyridine rings is 1. The lowest BCUT2D eigenvalue weighted by Crippen LogP contribution is -2.25. The first kappa shape index (κ1) is 23.1. The molecule has 0 saturated carbocycles. The van der Waals surface area contributed by atoms with Crippen LogP contribution in [0.4, 0.5) is 5.69 Å².